The summed E-state index contributed by atoms with van der Waals surface area (Å²) in [6, 6.07) is 6.72. The summed E-state index contributed by atoms with van der Waals surface area (Å²) >= 11 is 6.43. The standard InChI is InChI=1S/C26H25ClN2O6/c1-13-8-15(28-7-6-14-12-29-18-5-4-16(30)10-17(14)18)9-21(31)26(13)25(32)22-19(33-2)11-20(34-3)23(27)24(22)35-26/h4-5,9-13,28-30H,6-8H2,1-3H3/t13-,26+/m1/s1. The molecule has 0 fully saturated rings. The van der Waals surface area contributed by atoms with Gasteiger partial charge in [-0.2, -0.15) is 0 Å². The number of aromatic hydroxyl groups is 1. The molecule has 1 aliphatic carbocycles. The Balaban J connectivity index is 1.36. The van der Waals surface area contributed by atoms with Gasteiger partial charge in [-0.25, -0.2) is 0 Å². The fourth-order valence-electron chi connectivity index (χ4n) is 4.98. The van der Waals surface area contributed by atoms with Gasteiger partial charge in [0.1, 0.15) is 27.8 Å². The van der Waals surface area contributed by atoms with Crippen molar-refractivity contribution < 1.29 is 28.9 Å². The number of fused-ring (bicyclic) bond motifs is 2. The molecule has 0 saturated carbocycles. The molecule has 2 aromatic carbocycles. The molecule has 0 unspecified atom stereocenters. The zero-order valence-corrected chi connectivity index (χ0v) is 20.3. The Labute approximate surface area is 206 Å². The van der Waals surface area contributed by atoms with Crippen LogP contribution in [-0.2, 0) is 11.2 Å². The molecule has 2 atom stereocenters. The number of carbonyl (C=O) groups excluding carboxylic acids is 2. The molecular weight excluding hydrogens is 472 g/mol. The summed E-state index contributed by atoms with van der Waals surface area (Å²) in [7, 11) is 2.89. The molecule has 1 aromatic heterocycles. The van der Waals surface area contributed by atoms with E-state index >= 15 is 0 Å². The van der Waals surface area contributed by atoms with Crippen molar-refractivity contribution >= 4 is 34.1 Å². The van der Waals surface area contributed by atoms with Crippen LogP contribution in [0.4, 0.5) is 0 Å². The third-order valence-electron chi connectivity index (χ3n) is 6.81. The first-order chi connectivity index (χ1) is 16.8. The molecule has 1 spiro atoms. The highest BCUT2D eigenvalue weighted by Gasteiger charge is 2.60. The number of benzene rings is 2. The number of halogens is 1. The minimum Gasteiger partial charge on any atom is -0.508 e. The highest BCUT2D eigenvalue weighted by molar-refractivity contribution is 6.36. The molecule has 1 aliphatic heterocycles. The molecule has 0 amide bonds. The summed E-state index contributed by atoms with van der Waals surface area (Å²) in [6.07, 6.45) is 4.49. The van der Waals surface area contributed by atoms with Crippen molar-refractivity contribution in [3.05, 3.63) is 58.4 Å². The highest BCUT2D eigenvalue weighted by Crippen LogP contribution is 2.52. The topological polar surface area (TPSA) is 110 Å². The summed E-state index contributed by atoms with van der Waals surface area (Å²) < 4.78 is 16.7. The minimum atomic E-state index is -1.69. The molecule has 182 valence electrons. The van der Waals surface area contributed by atoms with Gasteiger partial charge in [0.05, 0.1) is 14.2 Å². The SMILES string of the molecule is COc1cc(OC)c2c(c1Cl)O[C@@]1(C(=O)C=C(NCCc3c[nH]c4ccc(O)cc34)C[C@H]1C)C2=O. The van der Waals surface area contributed by atoms with E-state index in [0.29, 0.717) is 25.1 Å². The molecule has 2 aliphatic rings. The monoisotopic (exact) mass is 496 g/mol. The van der Waals surface area contributed by atoms with Crippen LogP contribution < -0.4 is 19.5 Å². The van der Waals surface area contributed by atoms with Crippen LogP contribution in [0.3, 0.4) is 0 Å². The first-order valence-electron chi connectivity index (χ1n) is 11.3. The van der Waals surface area contributed by atoms with Crippen molar-refractivity contribution in [3.8, 4) is 23.0 Å². The summed E-state index contributed by atoms with van der Waals surface area (Å²) in [5.41, 5.74) is 1.20. The number of H-pyrrole nitrogens is 1. The number of aromatic nitrogens is 1. The van der Waals surface area contributed by atoms with Gasteiger partial charge >= 0.3 is 0 Å². The predicted molar refractivity (Wildman–Crippen MR) is 131 cm³/mol. The summed E-state index contributed by atoms with van der Waals surface area (Å²) in [6.45, 7) is 2.39. The quantitative estimate of drug-likeness (QED) is 0.439. The average Bonchev–Trinajstić information content (AvgIpc) is 3.38. The number of rotatable bonds is 6. The second-order valence-electron chi connectivity index (χ2n) is 8.83. The Morgan fingerprint density at radius 1 is 1.23 bits per heavy atom. The summed E-state index contributed by atoms with van der Waals surface area (Å²) in [5.74, 6) is -0.469. The van der Waals surface area contributed by atoms with Crippen molar-refractivity contribution in [1.82, 2.24) is 10.3 Å². The summed E-state index contributed by atoms with van der Waals surface area (Å²) in [5, 5.41) is 14.2. The van der Waals surface area contributed by atoms with Gasteiger partial charge < -0.3 is 29.6 Å². The number of phenolic OH excluding ortho intramolecular Hbond substituents is 1. The van der Waals surface area contributed by atoms with Gasteiger partial charge in [-0.05, 0) is 36.6 Å². The van der Waals surface area contributed by atoms with Crippen LogP contribution in [0.2, 0.25) is 5.02 Å². The molecule has 5 rings (SSSR count). The number of nitrogens with one attached hydrogen (secondary N) is 2. The fourth-order valence-corrected chi connectivity index (χ4v) is 5.25. The second kappa shape index (κ2) is 8.53. The zero-order chi connectivity index (χ0) is 24.9. The van der Waals surface area contributed by atoms with E-state index in [1.165, 1.54) is 26.4 Å². The van der Waals surface area contributed by atoms with Gasteiger partial charge in [0.2, 0.25) is 17.2 Å². The van der Waals surface area contributed by atoms with Gasteiger partial charge in [-0.15, -0.1) is 0 Å². The molecule has 3 N–H and O–H groups in total. The number of methoxy groups -OCH3 is 2. The molecule has 0 bridgehead atoms. The van der Waals surface area contributed by atoms with Crippen molar-refractivity contribution in [1.29, 1.82) is 0 Å². The fraction of sp³-hybridized carbons (Fsp3) is 0.308. The number of hydrogen-bond donors (Lipinski definition) is 3. The molecular formula is C26H25ClN2O6. The van der Waals surface area contributed by atoms with E-state index in [2.05, 4.69) is 10.3 Å². The van der Waals surface area contributed by atoms with Gasteiger partial charge in [0.15, 0.2) is 5.75 Å². The number of allylic oxidation sites excluding steroid dienone is 1. The lowest BCUT2D eigenvalue weighted by Gasteiger charge is -2.35. The van der Waals surface area contributed by atoms with Gasteiger partial charge in [0, 0.05) is 47.4 Å². The number of aromatic amines is 1. The third-order valence-corrected chi connectivity index (χ3v) is 7.17. The molecule has 0 saturated heterocycles. The molecule has 9 heteroatoms. The van der Waals surface area contributed by atoms with Crippen LogP contribution in [0, 0.1) is 5.92 Å². The number of Topliss-reactive ketones (excluding diaryl/α,β-unsaturated/α-hetero) is 1. The zero-order valence-electron chi connectivity index (χ0n) is 19.5. The third kappa shape index (κ3) is 3.51. The normalized spacial score (nSPS) is 21.1. The van der Waals surface area contributed by atoms with E-state index in [0.717, 1.165) is 22.2 Å². The van der Waals surface area contributed by atoms with Crippen LogP contribution >= 0.6 is 11.6 Å². The minimum absolute atomic E-state index is 0.112. The first kappa shape index (κ1) is 23.1. The van der Waals surface area contributed by atoms with Crippen LogP contribution in [0.5, 0.6) is 23.0 Å². The second-order valence-corrected chi connectivity index (χ2v) is 9.20. The Morgan fingerprint density at radius 2 is 2.00 bits per heavy atom. The molecule has 35 heavy (non-hydrogen) atoms. The number of ether oxygens (including phenoxy) is 3. The van der Waals surface area contributed by atoms with Crippen LogP contribution in [0.1, 0.15) is 29.3 Å². The summed E-state index contributed by atoms with van der Waals surface area (Å²) in [4.78, 5) is 30.1. The Kier molecular flexibility index (Phi) is 5.63. The van der Waals surface area contributed by atoms with Gasteiger partial charge in [-0.3, -0.25) is 9.59 Å². The van der Waals surface area contributed by atoms with E-state index in [-0.39, 0.29) is 27.8 Å². The smallest absolute Gasteiger partial charge is 0.236 e. The maximum absolute atomic E-state index is 13.6. The van der Waals surface area contributed by atoms with Crippen LogP contribution in [-0.4, -0.2) is 48.0 Å². The van der Waals surface area contributed by atoms with Crippen molar-refractivity contribution in [2.75, 3.05) is 20.8 Å². The van der Waals surface area contributed by atoms with Crippen molar-refractivity contribution in [3.63, 3.8) is 0 Å². The van der Waals surface area contributed by atoms with Gasteiger partial charge in [0.25, 0.3) is 0 Å². The lowest BCUT2D eigenvalue weighted by atomic mass is 9.74. The highest BCUT2D eigenvalue weighted by atomic mass is 35.5. The lowest BCUT2D eigenvalue weighted by Crippen LogP contribution is -2.55. The predicted octanol–water partition coefficient (Wildman–Crippen LogP) is 4.18. The van der Waals surface area contributed by atoms with Crippen LogP contribution in [0.15, 0.2) is 42.2 Å². The number of ketones is 2. The largest absolute Gasteiger partial charge is 0.508 e. The van der Waals surface area contributed by atoms with Crippen LogP contribution in [0.25, 0.3) is 10.9 Å². The maximum atomic E-state index is 13.6. The lowest BCUT2D eigenvalue weighted by molar-refractivity contribution is -0.129. The van der Waals surface area contributed by atoms with Crippen molar-refractivity contribution in [2.24, 2.45) is 5.92 Å². The Hall–Kier alpha value is -3.65. The maximum Gasteiger partial charge on any atom is 0.236 e. The molecule has 3 aromatic rings. The van der Waals surface area contributed by atoms with E-state index in [9.17, 15) is 14.7 Å². The average molecular weight is 497 g/mol. The number of phenols is 1. The number of hydrogen-bond acceptors (Lipinski definition) is 7. The van der Waals surface area contributed by atoms with E-state index < -0.39 is 23.1 Å². The first-order valence-corrected chi connectivity index (χ1v) is 11.6. The Bertz CT molecular complexity index is 1390. The number of carbonyl (C=O) groups is 2. The molecule has 8 nitrogen and oxygen atoms in total. The van der Waals surface area contributed by atoms with Gasteiger partial charge in [-0.1, -0.05) is 18.5 Å². The van der Waals surface area contributed by atoms with E-state index in [4.69, 9.17) is 25.8 Å². The van der Waals surface area contributed by atoms with E-state index in [1.54, 1.807) is 12.1 Å². The Morgan fingerprint density at radius 3 is 2.71 bits per heavy atom. The molecule has 0 radical (unpaired) electrons. The van der Waals surface area contributed by atoms with Crippen molar-refractivity contribution in [2.45, 2.75) is 25.4 Å². The van der Waals surface area contributed by atoms with E-state index in [1.807, 2.05) is 19.2 Å². The molecule has 2 heterocycles.